The fraction of sp³-hybridized carbons (Fsp3) is 0.933. The first-order valence-corrected chi connectivity index (χ1v) is 13.8. The van der Waals surface area contributed by atoms with Gasteiger partial charge >= 0.3 is 0 Å². The average molecular weight is 443 g/mol. The van der Waals surface area contributed by atoms with Crippen molar-refractivity contribution in [1.29, 1.82) is 0 Å². The van der Waals surface area contributed by atoms with Gasteiger partial charge in [-0.15, -0.1) is 0 Å². The zero-order chi connectivity index (χ0) is 23.3. The maximum atomic E-state index is 10.9. The van der Waals surface area contributed by atoms with Crippen LogP contribution in [0.1, 0.15) is 106 Å². The van der Waals surface area contributed by atoms with Gasteiger partial charge in [-0.3, -0.25) is 0 Å². The number of rotatable bonds is 2. The number of fused-ring (bicyclic) bond motifs is 7. The first-order chi connectivity index (χ1) is 14.8. The van der Waals surface area contributed by atoms with E-state index >= 15 is 0 Å². The molecule has 5 saturated carbocycles. The second-order valence-corrected chi connectivity index (χ2v) is 14.7. The molecule has 0 amide bonds. The van der Waals surface area contributed by atoms with Crippen LogP contribution in [0, 0.1) is 56.7 Å². The Kier molecular flexibility index (Phi) is 5.19. The minimum Gasteiger partial charge on any atom is -0.393 e. The van der Waals surface area contributed by atoms with Crippen LogP contribution < -0.4 is 0 Å². The molecule has 182 valence electrons. The molecule has 0 heterocycles. The van der Waals surface area contributed by atoms with E-state index in [4.69, 9.17) is 0 Å². The molecule has 5 rings (SSSR count). The SMILES string of the molecule is C=C(CO)[C@@H]1CC[C@]2(C)CC[C@]3(C)C(CCC4[C@@]5(C)CC[C@@H](O)C(C)(C)C5CC[C@]43C)C12. The summed E-state index contributed by atoms with van der Waals surface area (Å²) in [6.45, 7) is 19.8. The largest absolute Gasteiger partial charge is 0.393 e. The summed E-state index contributed by atoms with van der Waals surface area (Å²) in [5.74, 6) is 3.39. The molecule has 0 aliphatic heterocycles. The summed E-state index contributed by atoms with van der Waals surface area (Å²) < 4.78 is 0. The molecule has 5 aliphatic rings. The number of hydrogen-bond donors (Lipinski definition) is 2. The van der Waals surface area contributed by atoms with Crippen LogP contribution in [0.2, 0.25) is 0 Å². The molecule has 0 radical (unpaired) electrons. The van der Waals surface area contributed by atoms with Gasteiger partial charge in [0, 0.05) is 0 Å². The molecule has 0 saturated heterocycles. The first-order valence-electron chi connectivity index (χ1n) is 13.8. The third kappa shape index (κ3) is 2.72. The van der Waals surface area contributed by atoms with Crippen molar-refractivity contribution < 1.29 is 10.2 Å². The Labute approximate surface area is 197 Å². The van der Waals surface area contributed by atoms with Crippen molar-refractivity contribution in [3.63, 3.8) is 0 Å². The number of hydrogen-bond acceptors (Lipinski definition) is 2. The third-order valence-electron chi connectivity index (χ3n) is 13.6. The highest BCUT2D eigenvalue weighted by molar-refractivity contribution is 5.21. The summed E-state index contributed by atoms with van der Waals surface area (Å²) in [5.41, 5.74) is 2.70. The summed E-state index contributed by atoms with van der Waals surface area (Å²) in [4.78, 5) is 0. The van der Waals surface area contributed by atoms with Gasteiger partial charge in [-0.25, -0.2) is 0 Å². The van der Waals surface area contributed by atoms with E-state index in [1.807, 2.05) is 0 Å². The molecule has 0 aromatic rings. The lowest BCUT2D eigenvalue weighted by atomic mass is 9.32. The maximum absolute atomic E-state index is 10.9. The molecule has 2 heteroatoms. The summed E-state index contributed by atoms with van der Waals surface area (Å²) in [7, 11) is 0. The van der Waals surface area contributed by atoms with E-state index < -0.39 is 0 Å². The Hall–Kier alpha value is -0.340. The summed E-state index contributed by atoms with van der Waals surface area (Å²) in [6.07, 6.45) is 12.7. The van der Waals surface area contributed by atoms with Crippen LogP contribution in [0.3, 0.4) is 0 Å². The van der Waals surface area contributed by atoms with Gasteiger partial charge in [-0.2, -0.15) is 0 Å². The molecular weight excluding hydrogens is 392 g/mol. The lowest BCUT2D eigenvalue weighted by molar-refractivity contribution is -0.246. The van der Waals surface area contributed by atoms with Crippen LogP contribution >= 0.6 is 0 Å². The molecule has 2 nitrogen and oxygen atoms in total. The molecule has 0 aromatic heterocycles. The zero-order valence-corrected chi connectivity index (χ0v) is 21.8. The molecule has 10 atom stereocenters. The maximum Gasteiger partial charge on any atom is 0.0641 e. The standard InChI is InChI=1S/C30H50O2/c1-19(18-31)20-10-13-27(4)16-17-29(6)21(25(20)27)8-9-23-28(5)14-12-24(32)26(2,3)22(28)11-15-30(23,29)7/h20-25,31-32H,1,8-18H2,2-7H3/t20-,21?,22?,23?,24+,25?,27+,28-,29+,30+/m0/s1. The van der Waals surface area contributed by atoms with E-state index in [1.165, 1.54) is 57.8 Å². The van der Waals surface area contributed by atoms with Gasteiger partial charge in [0.05, 0.1) is 12.7 Å². The van der Waals surface area contributed by atoms with Crippen LogP contribution in [-0.2, 0) is 0 Å². The van der Waals surface area contributed by atoms with Crippen molar-refractivity contribution in [2.24, 2.45) is 56.7 Å². The molecule has 0 aromatic carbocycles. The van der Waals surface area contributed by atoms with E-state index in [2.05, 4.69) is 48.1 Å². The van der Waals surface area contributed by atoms with Gasteiger partial charge < -0.3 is 10.2 Å². The van der Waals surface area contributed by atoms with Crippen molar-refractivity contribution in [1.82, 2.24) is 0 Å². The van der Waals surface area contributed by atoms with Crippen LogP contribution in [-0.4, -0.2) is 22.9 Å². The summed E-state index contributed by atoms with van der Waals surface area (Å²) in [6, 6.07) is 0. The third-order valence-corrected chi connectivity index (χ3v) is 13.6. The summed E-state index contributed by atoms with van der Waals surface area (Å²) >= 11 is 0. The van der Waals surface area contributed by atoms with Gasteiger partial charge in [-0.1, -0.05) is 48.1 Å². The number of aliphatic hydroxyl groups is 2. The Morgan fingerprint density at radius 2 is 1.50 bits per heavy atom. The van der Waals surface area contributed by atoms with Gasteiger partial charge in [-0.05, 0) is 126 Å². The van der Waals surface area contributed by atoms with E-state index in [9.17, 15) is 10.2 Å². The van der Waals surface area contributed by atoms with Crippen molar-refractivity contribution in [3.05, 3.63) is 12.2 Å². The quantitative estimate of drug-likeness (QED) is 0.452. The van der Waals surface area contributed by atoms with Gasteiger partial charge in [0.25, 0.3) is 0 Å². The molecular formula is C30H50O2. The molecule has 4 unspecified atom stereocenters. The first kappa shape index (κ1) is 23.4. The molecule has 5 aliphatic carbocycles. The normalized spacial score (nSPS) is 56.5. The van der Waals surface area contributed by atoms with E-state index in [1.54, 1.807) is 0 Å². The van der Waals surface area contributed by atoms with Crippen molar-refractivity contribution in [2.45, 2.75) is 112 Å². The Balaban J connectivity index is 1.53. The lowest BCUT2D eigenvalue weighted by Crippen LogP contribution is -2.66. The highest BCUT2D eigenvalue weighted by Crippen LogP contribution is 2.77. The second kappa shape index (κ2) is 7.09. The highest BCUT2D eigenvalue weighted by atomic mass is 16.3. The van der Waals surface area contributed by atoms with Crippen LogP contribution in [0.4, 0.5) is 0 Å². The van der Waals surface area contributed by atoms with Gasteiger partial charge in [0.2, 0.25) is 0 Å². The van der Waals surface area contributed by atoms with E-state index in [-0.39, 0.29) is 18.1 Å². The Bertz CT molecular complexity index is 786. The van der Waals surface area contributed by atoms with Crippen LogP contribution in [0.5, 0.6) is 0 Å². The van der Waals surface area contributed by atoms with E-state index in [0.717, 1.165) is 23.8 Å². The lowest BCUT2D eigenvalue weighted by Gasteiger charge is -2.73. The highest BCUT2D eigenvalue weighted by Gasteiger charge is 2.70. The monoisotopic (exact) mass is 442 g/mol. The molecule has 0 spiro atoms. The van der Waals surface area contributed by atoms with Gasteiger partial charge in [0.15, 0.2) is 0 Å². The summed E-state index contributed by atoms with van der Waals surface area (Å²) in [5, 5.41) is 20.9. The number of aliphatic hydroxyl groups excluding tert-OH is 2. The Morgan fingerprint density at radius 3 is 2.19 bits per heavy atom. The van der Waals surface area contributed by atoms with Gasteiger partial charge in [0.1, 0.15) is 0 Å². The minimum atomic E-state index is -0.143. The minimum absolute atomic E-state index is 0.0344. The van der Waals surface area contributed by atoms with Crippen molar-refractivity contribution in [2.75, 3.05) is 6.61 Å². The smallest absolute Gasteiger partial charge is 0.0641 e. The van der Waals surface area contributed by atoms with Crippen LogP contribution in [0.15, 0.2) is 12.2 Å². The molecule has 2 N–H and O–H groups in total. The predicted molar refractivity (Wildman–Crippen MR) is 132 cm³/mol. The van der Waals surface area contributed by atoms with E-state index in [0.29, 0.717) is 39.4 Å². The predicted octanol–water partition coefficient (Wildman–Crippen LogP) is 7.00. The fourth-order valence-corrected chi connectivity index (χ4v) is 11.5. The Morgan fingerprint density at radius 1 is 0.781 bits per heavy atom. The molecule has 32 heavy (non-hydrogen) atoms. The zero-order valence-electron chi connectivity index (χ0n) is 21.8. The van der Waals surface area contributed by atoms with Crippen molar-refractivity contribution >= 4 is 0 Å². The topological polar surface area (TPSA) is 40.5 Å². The average Bonchev–Trinajstić information content (AvgIpc) is 3.09. The van der Waals surface area contributed by atoms with Crippen molar-refractivity contribution in [3.8, 4) is 0 Å². The molecule has 0 bridgehead atoms. The fourth-order valence-electron chi connectivity index (χ4n) is 11.5. The molecule has 5 fully saturated rings. The second-order valence-electron chi connectivity index (χ2n) is 14.7. The van der Waals surface area contributed by atoms with Crippen LogP contribution in [0.25, 0.3) is 0 Å².